The molecule has 1 fully saturated rings. The lowest BCUT2D eigenvalue weighted by Crippen LogP contribution is -2.32. The summed E-state index contributed by atoms with van der Waals surface area (Å²) >= 11 is 0. The quantitative estimate of drug-likeness (QED) is 0.486. The first-order valence-corrected chi connectivity index (χ1v) is 10.6. The van der Waals surface area contributed by atoms with Crippen LogP contribution >= 0.6 is 0 Å². The lowest BCUT2D eigenvalue weighted by Gasteiger charge is -2.31. The summed E-state index contributed by atoms with van der Waals surface area (Å²) in [7, 11) is 0. The van der Waals surface area contributed by atoms with Gasteiger partial charge in [-0.1, -0.05) is 44.2 Å². The van der Waals surface area contributed by atoms with Gasteiger partial charge in [0.15, 0.2) is 0 Å². The topological polar surface area (TPSA) is 87.5 Å². The van der Waals surface area contributed by atoms with E-state index >= 15 is 0 Å². The van der Waals surface area contributed by atoms with E-state index < -0.39 is 17.7 Å². The standard InChI is InChI=1S/C24H31NO4/c1-15(2)6-11-20(25)24(28)21(26)5-3-4-16-7-8-17-9-10-18-13-23(19(17)12-16)29-14-22(18)27/h7-10,12,15,18,22-23,25,27H,3-6,11,13-14H2,1-2H3/t18-,22-,23+/m1/s1. The zero-order valence-electron chi connectivity index (χ0n) is 17.3. The molecule has 3 atom stereocenters. The Labute approximate surface area is 172 Å². The third-order valence-electron chi connectivity index (χ3n) is 5.84. The smallest absolute Gasteiger partial charge is 0.241 e. The molecule has 156 valence electrons. The Kier molecular flexibility index (Phi) is 7.14. The van der Waals surface area contributed by atoms with Gasteiger partial charge in [0.05, 0.1) is 24.5 Å². The van der Waals surface area contributed by atoms with E-state index in [9.17, 15) is 14.7 Å². The van der Waals surface area contributed by atoms with E-state index in [0.29, 0.717) is 31.8 Å². The molecule has 0 aromatic heterocycles. The number of hydrogen-bond acceptors (Lipinski definition) is 5. The Morgan fingerprint density at radius 2 is 2.07 bits per heavy atom. The fourth-order valence-corrected chi connectivity index (χ4v) is 3.95. The second-order valence-corrected chi connectivity index (χ2v) is 8.63. The van der Waals surface area contributed by atoms with Gasteiger partial charge in [-0.05, 0) is 54.7 Å². The van der Waals surface area contributed by atoms with Gasteiger partial charge >= 0.3 is 0 Å². The summed E-state index contributed by atoms with van der Waals surface area (Å²) in [6.45, 7) is 4.43. The molecule has 0 amide bonds. The monoisotopic (exact) mass is 397 g/mol. The minimum atomic E-state index is -0.627. The van der Waals surface area contributed by atoms with Crippen molar-refractivity contribution in [3.63, 3.8) is 0 Å². The van der Waals surface area contributed by atoms with Crippen molar-refractivity contribution in [1.29, 1.82) is 5.41 Å². The highest BCUT2D eigenvalue weighted by atomic mass is 16.5. The van der Waals surface area contributed by atoms with Crippen LogP contribution in [-0.4, -0.2) is 35.1 Å². The van der Waals surface area contributed by atoms with Crippen LogP contribution < -0.4 is 0 Å². The number of hydrogen-bond donors (Lipinski definition) is 2. The highest BCUT2D eigenvalue weighted by Gasteiger charge is 2.32. The van der Waals surface area contributed by atoms with Crippen LogP contribution in [-0.2, 0) is 20.7 Å². The van der Waals surface area contributed by atoms with Crippen LogP contribution in [0.5, 0.6) is 0 Å². The molecule has 0 unspecified atom stereocenters. The molecule has 1 aromatic carbocycles. The van der Waals surface area contributed by atoms with Gasteiger partial charge in [-0.3, -0.25) is 9.59 Å². The molecule has 2 bridgehead atoms. The maximum absolute atomic E-state index is 12.1. The van der Waals surface area contributed by atoms with E-state index in [0.717, 1.165) is 29.5 Å². The van der Waals surface area contributed by atoms with E-state index in [1.165, 1.54) is 0 Å². The summed E-state index contributed by atoms with van der Waals surface area (Å²) < 4.78 is 5.85. The van der Waals surface area contributed by atoms with Crippen molar-refractivity contribution in [2.75, 3.05) is 6.61 Å². The van der Waals surface area contributed by atoms with Gasteiger partial charge in [0.1, 0.15) is 0 Å². The number of aliphatic hydroxyl groups excluding tert-OH is 1. The number of aliphatic hydroxyl groups is 1. The fourth-order valence-electron chi connectivity index (χ4n) is 3.95. The van der Waals surface area contributed by atoms with E-state index in [4.69, 9.17) is 10.1 Å². The second-order valence-electron chi connectivity index (χ2n) is 8.63. The number of ether oxygens (including phenoxy) is 1. The number of aryl methyl sites for hydroxylation is 1. The highest BCUT2D eigenvalue weighted by Crippen LogP contribution is 2.38. The number of benzene rings is 1. The molecule has 29 heavy (non-hydrogen) atoms. The molecule has 0 spiro atoms. The summed E-state index contributed by atoms with van der Waals surface area (Å²) in [6.07, 6.45) is 7.04. The van der Waals surface area contributed by atoms with Crippen LogP contribution in [0, 0.1) is 17.2 Å². The zero-order chi connectivity index (χ0) is 21.0. The normalized spacial score (nSPS) is 22.8. The van der Waals surface area contributed by atoms with Crippen LogP contribution in [0.25, 0.3) is 6.08 Å². The molecule has 1 aliphatic carbocycles. The average molecular weight is 398 g/mol. The molecule has 1 aliphatic heterocycles. The Bertz CT molecular complexity index is 811. The first-order valence-electron chi connectivity index (χ1n) is 10.6. The molecular weight excluding hydrogens is 366 g/mol. The summed E-state index contributed by atoms with van der Waals surface area (Å²) in [4.78, 5) is 24.2. The summed E-state index contributed by atoms with van der Waals surface area (Å²) in [5.41, 5.74) is 3.29. The summed E-state index contributed by atoms with van der Waals surface area (Å²) in [6, 6.07) is 6.24. The zero-order valence-corrected chi connectivity index (χ0v) is 17.3. The minimum absolute atomic E-state index is 0.0158. The van der Waals surface area contributed by atoms with E-state index in [1.54, 1.807) is 0 Å². The molecule has 1 aromatic rings. The molecule has 3 rings (SSSR count). The Morgan fingerprint density at radius 1 is 1.28 bits per heavy atom. The molecule has 2 N–H and O–H groups in total. The number of ketones is 2. The largest absolute Gasteiger partial charge is 0.390 e. The third kappa shape index (κ3) is 5.49. The molecule has 1 heterocycles. The predicted octanol–water partition coefficient (Wildman–Crippen LogP) is 4.07. The van der Waals surface area contributed by atoms with Crippen LogP contribution in [0.4, 0.5) is 0 Å². The van der Waals surface area contributed by atoms with Gasteiger partial charge in [0.2, 0.25) is 11.6 Å². The molecule has 5 heteroatoms. The first kappa shape index (κ1) is 21.6. The number of Topliss-reactive ketones (excluding diaryl/α,β-unsaturated/α-hetero) is 2. The van der Waals surface area contributed by atoms with Crippen molar-refractivity contribution in [2.45, 2.75) is 64.6 Å². The van der Waals surface area contributed by atoms with Gasteiger partial charge in [-0.2, -0.15) is 0 Å². The van der Waals surface area contributed by atoms with Gasteiger partial charge in [-0.15, -0.1) is 0 Å². The average Bonchev–Trinajstić information content (AvgIpc) is 2.85. The maximum atomic E-state index is 12.1. The van der Waals surface area contributed by atoms with Crippen molar-refractivity contribution in [3.8, 4) is 0 Å². The van der Waals surface area contributed by atoms with Gasteiger partial charge in [0.25, 0.3) is 0 Å². The highest BCUT2D eigenvalue weighted by molar-refractivity contribution is 6.64. The molecule has 5 nitrogen and oxygen atoms in total. The third-order valence-corrected chi connectivity index (χ3v) is 5.84. The molecule has 0 radical (unpaired) electrons. The molecule has 1 saturated heterocycles. The number of nitrogens with one attached hydrogen (secondary N) is 1. The number of fused-ring (bicyclic) bond motifs is 4. The van der Waals surface area contributed by atoms with Gasteiger partial charge in [-0.25, -0.2) is 0 Å². The SMILES string of the molecule is CC(C)CCC(=N)C(=O)C(=O)CCCc1ccc2c(c1)[C@@H]1C[C@@H](C=C2)[C@H](O)CO1. The van der Waals surface area contributed by atoms with E-state index in [1.807, 2.05) is 19.9 Å². The maximum Gasteiger partial charge on any atom is 0.241 e. The first-order chi connectivity index (χ1) is 13.8. The second kappa shape index (κ2) is 9.59. The van der Waals surface area contributed by atoms with Gasteiger partial charge in [0, 0.05) is 12.3 Å². The minimum Gasteiger partial charge on any atom is -0.390 e. The van der Waals surface area contributed by atoms with Crippen LogP contribution in [0.3, 0.4) is 0 Å². The van der Waals surface area contributed by atoms with Crippen molar-refractivity contribution < 1.29 is 19.4 Å². The molecule has 0 saturated carbocycles. The lowest BCUT2D eigenvalue weighted by molar-refractivity contribution is -0.133. The van der Waals surface area contributed by atoms with Crippen LogP contribution in [0.1, 0.15) is 68.7 Å². The predicted molar refractivity (Wildman–Crippen MR) is 113 cm³/mol. The Hall–Kier alpha value is -2.11. The molecular formula is C24H31NO4. The number of carbonyl (C=O) groups excluding carboxylic acids is 2. The fraction of sp³-hybridized carbons (Fsp3) is 0.542. The van der Waals surface area contributed by atoms with E-state index in [-0.39, 0.29) is 24.2 Å². The number of rotatable bonds is 9. The lowest BCUT2D eigenvalue weighted by atomic mass is 9.90. The van der Waals surface area contributed by atoms with Crippen molar-refractivity contribution in [1.82, 2.24) is 0 Å². The Balaban J connectivity index is 1.54. The van der Waals surface area contributed by atoms with Crippen LogP contribution in [0.15, 0.2) is 24.3 Å². The van der Waals surface area contributed by atoms with E-state index in [2.05, 4.69) is 24.3 Å². The van der Waals surface area contributed by atoms with Crippen molar-refractivity contribution >= 4 is 23.4 Å². The summed E-state index contributed by atoms with van der Waals surface area (Å²) in [5, 5.41) is 17.9. The molecule has 2 aliphatic rings. The summed E-state index contributed by atoms with van der Waals surface area (Å²) in [5.74, 6) is -0.547. The van der Waals surface area contributed by atoms with Gasteiger partial charge < -0.3 is 15.3 Å². The van der Waals surface area contributed by atoms with Crippen LogP contribution in [0.2, 0.25) is 0 Å². The van der Waals surface area contributed by atoms with Crippen molar-refractivity contribution in [2.24, 2.45) is 11.8 Å². The Morgan fingerprint density at radius 3 is 2.83 bits per heavy atom. The number of carbonyl (C=O) groups is 2. The van der Waals surface area contributed by atoms with Crippen molar-refractivity contribution in [3.05, 3.63) is 41.0 Å².